The number of amides is 1. The number of hydrogen-bond donors (Lipinski definition) is 3. The van der Waals surface area contributed by atoms with Gasteiger partial charge in [-0.3, -0.25) is 9.48 Å². The molecule has 0 radical (unpaired) electrons. The van der Waals surface area contributed by atoms with Crippen molar-refractivity contribution < 1.29 is 9.90 Å². The minimum atomic E-state index is -0.747. The maximum atomic E-state index is 11.7. The molecule has 0 bridgehead atoms. The number of rotatable bonds is 5. The van der Waals surface area contributed by atoms with Crippen LogP contribution in [0.2, 0.25) is 0 Å². The van der Waals surface area contributed by atoms with Gasteiger partial charge in [0.25, 0.3) is 0 Å². The van der Waals surface area contributed by atoms with E-state index in [1.165, 1.54) is 0 Å². The summed E-state index contributed by atoms with van der Waals surface area (Å²) in [6.45, 7) is 3.99. The van der Waals surface area contributed by atoms with Gasteiger partial charge in [0.2, 0.25) is 5.91 Å². The largest absolute Gasteiger partial charge is 0.391 e. The van der Waals surface area contributed by atoms with E-state index in [1.54, 1.807) is 24.1 Å². The van der Waals surface area contributed by atoms with Gasteiger partial charge in [0, 0.05) is 25.4 Å². The van der Waals surface area contributed by atoms with E-state index in [4.69, 9.17) is 5.73 Å². The molecule has 0 aliphatic rings. The molecule has 1 heterocycles. The maximum Gasteiger partial charge on any atom is 0.241 e. The highest BCUT2D eigenvalue weighted by Gasteiger charge is 2.18. The monoisotopic (exact) mass is 240 g/mol. The molecule has 1 aromatic rings. The van der Waals surface area contributed by atoms with Crippen LogP contribution in [0.15, 0.2) is 12.4 Å². The number of aliphatic hydroxyl groups excluding tert-OH is 1. The third-order valence-corrected chi connectivity index (χ3v) is 2.62. The number of nitrogens with zero attached hydrogens (tertiary/aromatic N) is 2. The zero-order chi connectivity index (χ0) is 13.0. The molecule has 4 N–H and O–H groups in total. The van der Waals surface area contributed by atoms with Crippen LogP contribution in [-0.2, 0) is 11.8 Å². The Labute approximate surface area is 101 Å². The summed E-state index contributed by atoms with van der Waals surface area (Å²) in [5, 5.41) is 16.1. The predicted molar refractivity (Wildman–Crippen MR) is 64.0 cm³/mol. The Morgan fingerprint density at radius 2 is 2.29 bits per heavy atom. The average molecular weight is 240 g/mol. The molecule has 0 aromatic carbocycles. The van der Waals surface area contributed by atoms with Crippen molar-refractivity contribution in [3.63, 3.8) is 0 Å². The lowest BCUT2D eigenvalue weighted by atomic mass is 10.1. The lowest BCUT2D eigenvalue weighted by Crippen LogP contribution is -2.39. The Hall–Kier alpha value is -1.40. The van der Waals surface area contributed by atoms with Gasteiger partial charge < -0.3 is 16.2 Å². The molecule has 0 aliphatic carbocycles. The number of carbonyl (C=O) groups excluding carboxylic acids is 1. The Balaban J connectivity index is 2.48. The smallest absolute Gasteiger partial charge is 0.241 e. The summed E-state index contributed by atoms with van der Waals surface area (Å²) in [5.74, 6) is -0.206. The number of carbonyl (C=O) groups is 1. The molecule has 0 saturated heterocycles. The molecule has 0 saturated carbocycles. The molecule has 0 fully saturated rings. The Morgan fingerprint density at radius 1 is 1.65 bits per heavy atom. The number of aromatic nitrogens is 2. The first-order valence-electron chi connectivity index (χ1n) is 5.61. The zero-order valence-electron chi connectivity index (χ0n) is 10.4. The molecule has 96 valence electrons. The first kappa shape index (κ1) is 13.7. The van der Waals surface area contributed by atoms with Crippen LogP contribution in [0.1, 0.15) is 25.5 Å². The summed E-state index contributed by atoms with van der Waals surface area (Å²) in [4.78, 5) is 11.7. The highest BCUT2D eigenvalue weighted by atomic mass is 16.3. The van der Waals surface area contributed by atoms with Gasteiger partial charge in [-0.25, -0.2) is 0 Å². The van der Waals surface area contributed by atoms with Crippen molar-refractivity contribution in [3.05, 3.63) is 18.0 Å². The van der Waals surface area contributed by atoms with Crippen molar-refractivity contribution in [3.8, 4) is 0 Å². The van der Waals surface area contributed by atoms with Crippen LogP contribution in [0, 0.1) is 5.92 Å². The fourth-order valence-corrected chi connectivity index (χ4v) is 1.30. The van der Waals surface area contributed by atoms with Crippen LogP contribution >= 0.6 is 0 Å². The Kier molecular flexibility index (Phi) is 4.65. The second kappa shape index (κ2) is 5.79. The first-order chi connectivity index (χ1) is 7.91. The average Bonchev–Trinajstić information content (AvgIpc) is 2.70. The quantitative estimate of drug-likeness (QED) is 0.650. The second-order valence-electron chi connectivity index (χ2n) is 4.48. The molecule has 6 heteroatoms. The van der Waals surface area contributed by atoms with Gasteiger partial charge in [-0.2, -0.15) is 5.10 Å². The molecule has 0 aliphatic heterocycles. The molecule has 17 heavy (non-hydrogen) atoms. The third-order valence-electron chi connectivity index (χ3n) is 2.62. The second-order valence-corrected chi connectivity index (χ2v) is 4.48. The number of hydrogen-bond acceptors (Lipinski definition) is 4. The normalized spacial score (nSPS) is 14.7. The lowest BCUT2D eigenvalue weighted by Gasteiger charge is -2.16. The summed E-state index contributed by atoms with van der Waals surface area (Å²) in [5.41, 5.74) is 6.42. The van der Waals surface area contributed by atoms with E-state index in [0.717, 1.165) is 0 Å². The molecule has 1 rings (SSSR count). The number of nitrogens with one attached hydrogen (secondary N) is 1. The van der Waals surface area contributed by atoms with Gasteiger partial charge in [0.15, 0.2) is 0 Å². The summed E-state index contributed by atoms with van der Waals surface area (Å²) in [7, 11) is 1.76. The zero-order valence-corrected chi connectivity index (χ0v) is 10.4. The van der Waals surface area contributed by atoms with E-state index in [-0.39, 0.29) is 18.4 Å². The van der Waals surface area contributed by atoms with Gasteiger partial charge in [-0.05, 0) is 5.92 Å². The lowest BCUT2D eigenvalue weighted by molar-refractivity contribution is -0.123. The van der Waals surface area contributed by atoms with E-state index >= 15 is 0 Å². The molecular weight excluding hydrogens is 220 g/mol. The molecular formula is C11H20N4O2. The minimum Gasteiger partial charge on any atom is -0.391 e. The molecule has 2 atom stereocenters. The van der Waals surface area contributed by atoms with Crippen molar-refractivity contribution in [2.75, 3.05) is 6.54 Å². The standard InChI is InChI=1S/C11H20N4O2/c1-7(2)9(16)5-13-11(17)10(12)8-4-14-15(3)6-8/h4,6-7,9-10,16H,5,12H2,1-3H3,(H,13,17). The first-order valence-corrected chi connectivity index (χ1v) is 5.61. The van der Waals surface area contributed by atoms with Gasteiger partial charge in [0.05, 0.1) is 12.3 Å². The third kappa shape index (κ3) is 3.83. The summed E-state index contributed by atoms with van der Waals surface area (Å²) >= 11 is 0. The Morgan fingerprint density at radius 3 is 2.76 bits per heavy atom. The highest BCUT2D eigenvalue weighted by molar-refractivity contribution is 5.82. The predicted octanol–water partition coefficient (Wildman–Crippen LogP) is -0.447. The minimum absolute atomic E-state index is 0.102. The van der Waals surface area contributed by atoms with E-state index in [2.05, 4.69) is 10.4 Å². The number of aliphatic hydroxyl groups is 1. The summed E-state index contributed by atoms with van der Waals surface area (Å²) < 4.78 is 1.59. The van der Waals surface area contributed by atoms with Crippen molar-refractivity contribution in [1.29, 1.82) is 0 Å². The maximum absolute atomic E-state index is 11.7. The van der Waals surface area contributed by atoms with Gasteiger partial charge >= 0.3 is 0 Å². The van der Waals surface area contributed by atoms with Crippen LogP contribution in [-0.4, -0.2) is 33.4 Å². The van der Waals surface area contributed by atoms with Gasteiger partial charge in [-0.1, -0.05) is 13.8 Å². The summed E-state index contributed by atoms with van der Waals surface area (Å²) in [6.07, 6.45) is 2.70. The van der Waals surface area contributed by atoms with Crippen molar-refractivity contribution >= 4 is 5.91 Å². The topological polar surface area (TPSA) is 93.2 Å². The van der Waals surface area contributed by atoms with Crippen LogP contribution in [0.3, 0.4) is 0 Å². The number of aryl methyl sites for hydroxylation is 1. The Bertz CT molecular complexity index is 375. The van der Waals surface area contributed by atoms with E-state index < -0.39 is 12.1 Å². The fourth-order valence-electron chi connectivity index (χ4n) is 1.30. The highest BCUT2D eigenvalue weighted by Crippen LogP contribution is 2.08. The van der Waals surface area contributed by atoms with Gasteiger partial charge in [-0.15, -0.1) is 0 Å². The number of nitrogens with two attached hydrogens (primary N) is 1. The van der Waals surface area contributed by atoms with E-state index in [0.29, 0.717) is 5.56 Å². The van der Waals surface area contributed by atoms with Crippen LogP contribution in [0.25, 0.3) is 0 Å². The van der Waals surface area contributed by atoms with Crippen LogP contribution in [0.4, 0.5) is 0 Å². The van der Waals surface area contributed by atoms with Crippen LogP contribution in [0.5, 0.6) is 0 Å². The van der Waals surface area contributed by atoms with Crippen molar-refractivity contribution in [2.45, 2.75) is 26.0 Å². The summed E-state index contributed by atoms with van der Waals surface area (Å²) in [6, 6.07) is -0.747. The van der Waals surface area contributed by atoms with Gasteiger partial charge in [0.1, 0.15) is 6.04 Å². The van der Waals surface area contributed by atoms with E-state index in [1.807, 2.05) is 13.8 Å². The molecule has 0 spiro atoms. The SMILES string of the molecule is CC(C)C(O)CNC(=O)C(N)c1cnn(C)c1. The van der Waals surface area contributed by atoms with Crippen molar-refractivity contribution in [2.24, 2.45) is 18.7 Å². The molecule has 1 aromatic heterocycles. The molecule has 1 amide bonds. The van der Waals surface area contributed by atoms with E-state index in [9.17, 15) is 9.90 Å². The molecule has 2 unspecified atom stereocenters. The van der Waals surface area contributed by atoms with Crippen LogP contribution < -0.4 is 11.1 Å². The van der Waals surface area contributed by atoms with Crippen molar-refractivity contribution in [1.82, 2.24) is 15.1 Å². The fraction of sp³-hybridized carbons (Fsp3) is 0.636. The molecule has 6 nitrogen and oxygen atoms in total.